The zero-order chi connectivity index (χ0) is 16.8. The maximum atomic E-state index is 11.3. The molecule has 2 amide bonds. The molecule has 21 heavy (non-hydrogen) atoms. The Morgan fingerprint density at radius 1 is 1.24 bits per heavy atom. The number of esters is 1. The molecule has 0 unspecified atom stereocenters. The van der Waals surface area contributed by atoms with Gasteiger partial charge in [-0.25, -0.2) is 0 Å². The minimum Gasteiger partial charge on any atom is -0.465 e. The van der Waals surface area contributed by atoms with Crippen LogP contribution in [0.15, 0.2) is 25.3 Å². The lowest BCUT2D eigenvalue weighted by molar-refractivity contribution is -0.148. The summed E-state index contributed by atoms with van der Waals surface area (Å²) in [7, 11) is 0. The summed E-state index contributed by atoms with van der Waals surface area (Å²) in [5, 5.41) is 2.54. The summed E-state index contributed by atoms with van der Waals surface area (Å²) in [4.78, 5) is 34.0. The van der Waals surface area contributed by atoms with Crippen LogP contribution in [0.5, 0.6) is 0 Å². The highest BCUT2D eigenvalue weighted by Gasteiger charge is 2.17. The van der Waals surface area contributed by atoms with Crippen molar-refractivity contribution in [1.82, 2.24) is 10.2 Å². The molecule has 0 saturated carbocycles. The smallest absolute Gasteiger partial charge is 0.325 e. The quantitative estimate of drug-likeness (QED) is 0.571. The zero-order valence-electron chi connectivity index (χ0n) is 13.3. The molecule has 0 fully saturated rings. The second-order valence-corrected chi connectivity index (χ2v) is 4.17. The third-order valence-corrected chi connectivity index (χ3v) is 2.22. The standard InChI is InChI=1S/C10H17NO3.C5H9NO.H2/c1-5-9(12)11(8(3)4)7-10(13)14-6-2;1-3-5(7)6-4-2;/h5,8H,1,6-7H2,2-4H3;3H,1,4H2,2H3,(H,6,7);1H. The van der Waals surface area contributed by atoms with Crippen molar-refractivity contribution in [2.45, 2.75) is 33.7 Å². The van der Waals surface area contributed by atoms with Crippen molar-refractivity contribution in [2.75, 3.05) is 19.7 Å². The molecular weight excluding hydrogens is 272 g/mol. The summed E-state index contributed by atoms with van der Waals surface area (Å²) in [5.74, 6) is -0.757. The van der Waals surface area contributed by atoms with Crippen LogP contribution < -0.4 is 5.32 Å². The maximum Gasteiger partial charge on any atom is 0.325 e. The highest BCUT2D eigenvalue weighted by molar-refractivity contribution is 5.90. The van der Waals surface area contributed by atoms with Gasteiger partial charge in [0.05, 0.1) is 6.61 Å². The molecular formula is C15H28N2O4. The average Bonchev–Trinajstić information content (AvgIpc) is 2.44. The van der Waals surface area contributed by atoms with Gasteiger partial charge in [-0.2, -0.15) is 0 Å². The number of amides is 2. The van der Waals surface area contributed by atoms with E-state index in [0.717, 1.165) is 0 Å². The Bertz CT molecular complexity index is 371. The molecule has 0 rings (SSSR count). The Hall–Kier alpha value is -2.11. The highest BCUT2D eigenvalue weighted by atomic mass is 16.5. The van der Waals surface area contributed by atoms with E-state index in [4.69, 9.17) is 4.74 Å². The molecule has 0 spiro atoms. The second kappa shape index (κ2) is 12.9. The SMILES string of the molecule is C=CC(=O)N(CC(=O)OCC)C(C)C.C=CC(=O)NCC.[HH]. The van der Waals surface area contributed by atoms with E-state index in [1.54, 1.807) is 6.92 Å². The van der Waals surface area contributed by atoms with Gasteiger partial charge >= 0.3 is 5.97 Å². The molecule has 0 heterocycles. The number of nitrogens with zero attached hydrogens (tertiary/aromatic N) is 1. The second-order valence-electron chi connectivity index (χ2n) is 4.17. The number of hydrogen-bond acceptors (Lipinski definition) is 4. The van der Waals surface area contributed by atoms with Crippen molar-refractivity contribution < 1.29 is 20.5 Å². The molecule has 6 heteroatoms. The molecule has 0 aliphatic rings. The number of ether oxygens (including phenoxy) is 1. The van der Waals surface area contributed by atoms with Crippen LogP contribution in [0.4, 0.5) is 0 Å². The van der Waals surface area contributed by atoms with E-state index in [1.165, 1.54) is 17.1 Å². The van der Waals surface area contributed by atoms with Crippen LogP contribution in [0.2, 0.25) is 0 Å². The summed E-state index contributed by atoms with van der Waals surface area (Å²) < 4.78 is 4.75. The van der Waals surface area contributed by atoms with Gasteiger partial charge in [0.2, 0.25) is 11.8 Å². The minimum absolute atomic E-state index is 0. The Kier molecular flexibility index (Phi) is 13.0. The molecule has 0 aromatic heterocycles. The number of hydrogen-bond donors (Lipinski definition) is 1. The fourth-order valence-electron chi connectivity index (χ4n) is 1.22. The summed E-state index contributed by atoms with van der Waals surface area (Å²) in [6.07, 6.45) is 2.45. The lowest BCUT2D eigenvalue weighted by Crippen LogP contribution is -2.40. The average molecular weight is 300 g/mol. The van der Waals surface area contributed by atoms with Crippen LogP contribution in [-0.2, 0) is 19.1 Å². The number of carbonyl (C=O) groups is 3. The van der Waals surface area contributed by atoms with Crippen LogP contribution in [-0.4, -0.2) is 48.4 Å². The first kappa shape index (κ1) is 21.2. The predicted molar refractivity (Wildman–Crippen MR) is 84.7 cm³/mol. The Balaban J connectivity index is -0.000000385. The van der Waals surface area contributed by atoms with E-state index in [-0.39, 0.29) is 25.8 Å². The van der Waals surface area contributed by atoms with Crippen molar-refractivity contribution >= 4 is 17.8 Å². The van der Waals surface area contributed by atoms with Gasteiger partial charge in [-0.3, -0.25) is 14.4 Å². The lowest BCUT2D eigenvalue weighted by atomic mass is 10.3. The van der Waals surface area contributed by atoms with Gasteiger partial charge in [0.1, 0.15) is 6.54 Å². The van der Waals surface area contributed by atoms with Crippen molar-refractivity contribution in [3.05, 3.63) is 25.3 Å². The molecule has 0 saturated heterocycles. The molecule has 0 aromatic carbocycles. The number of rotatable bonds is 7. The number of nitrogens with one attached hydrogen (secondary N) is 1. The first-order chi connectivity index (χ1) is 9.83. The van der Waals surface area contributed by atoms with Crippen molar-refractivity contribution in [3.8, 4) is 0 Å². The van der Waals surface area contributed by atoms with Crippen molar-refractivity contribution in [3.63, 3.8) is 0 Å². The van der Waals surface area contributed by atoms with E-state index in [1.807, 2.05) is 20.8 Å². The minimum atomic E-state index is -0.392. The van der Waals surface area contributed by atoms with Gasteiger partial charge in [0, 0.05) is 14.0 Å². The Labute approximate surface area is 128 Å². The van der Waals surface area contributed by atoms with E-state index in [0.29, 0.717) is 13.2 Å². The molecule has 122 valence electrons. The van der Waals surface area contributed by atoms with Crippen LogP contribution in [0.25, 0.3) is 0 Å². The molecule has 0 aliphatic carbocycles. The van der Waals surface area contributed by atoms with E-state index in [9.17, 15) is 14.4 Å². The zero-order valence-corrected chi connectivity index (χ0v) is 13.3. The third-order valence-electron chi connectivity index (χ3n) is 2.22. The van der Waals surface area contributed by atoms with E-state index in [2.05, 4.69) is 18.5 Å². The van der Waals surface area contributed by atoms with Gasteiger partial charge in [-0.05, 0) is 39.8 Å². The van der Waals surface area contributed by atoms with Crippen molar-refractivity contribution in [1.29, 1.82) is 0 Å². The third kappa shape index (κ3) is 11.4. The largest absolute Gasteiger partial charge is 0.465 e. The van der Waals surface area contributed by atoms with Gasteiger partial charge in [-0.15, -0.1) is 0 Å². The topological polar surface area (TPSA) is 75.7 Å². The normalized spacial score (nSPS) is 9.00. The van der Waals surface area contributed by atoms with E-state index < -0.39 is 5.97 Å². The predicted octanol–water partition coefficient (Wildman–Crippen LogP) is 1.53. The molecule has 0 atom stereocenters. The molecule has 0 radical (unpaired) electrons. The van der Waals surface area contributed by atoms with Gasteiger partial charge < -0.3 is 15.0 Å². The van der Waals surface area contributed by atoms with Crippen LogP contribution in [0, 0.1) is 0 Å². The highest BCUT2D eigenvalue weighted by Crippen LogP contribution is 2.00. The summed E-state index contributed by atoms with van der Waals surface area (Å²) in [5.41, 5.74) is 0. The molecule has 6 nitrogen and oxygen atoms in total. The van der Waals surface area contributed by atoms with Crippen LogP contribution in [0.3, 0.4) is 0 Å². The van der Waals surface area contributed by atoms with Crippen LogP contribution >= 0.6 is 0 Å². The summed E-state index contributed by atoms with van der Waals surface area (Å²) in [6.45, 7) is 14.9. The lowest BCUT2D eigenvalue weighted by Gasteiger charge is -2.24. The fraction of sp³-hybridized carbons (Fsp3) is 0.533. The first-order valence-corrected chi connectivity index (χ1v) is 6.82. The summed E-state index contributed by atoms with van der Waals surface area (Å²) >= 11 is 0. The molecule has 0 aromatic rings. The first-order valence-electron chi connectivity index (χ1n) is 6.82. The number of carbonyl (C=O) groups excluding carboxylic acids is 3. The van der Waals surface area contributed by atoms with Crippen LogP contribution in [0.1, 0.15) is 29.1 Å². The Morgan fingerprint density at radius 2 is 1.81 bits per heavy atom. The maximum absolute atomic E-state index is 11.3. The monoisotopic (exact) mass is 300 g/mol. The van der Waals surface area contributed by atoms with Crippen molar-refractivity contribution in [2.24, 2.45) is 0 Å². The van der Waals surface area contributed by atoms with Gasteiger partial charge in [0.15, 0.2) is 0 Å². The molecule has 0 bridgehead atoms. The molecule has 1 N–H and O–H groups in total. The fourth-order valence-corrected chi connectivity index (χ4v) is 1.22. The van der Waals surface area contributed by atoms with Gasteiger partial charge in [0.25, 0.3) is 0 Å². The van der Waals surface area contributed by atoms with Gasteiger partial charge in [-0.1, -0.05) is 13.2 Å². The molecule has 0 aliphatic heterocycles. The number of likely N-dealkylation sites (N-methyl/N-ethyl adjacent to an activating group) is 1. The Morgan fingerprint density at radius 3 is 2.10 bits per heavy atom. The summed E-state index contributed by atoms with van der Waals surface area (Å²) in [6, 6.07) is -0.0371. The van der Waals surface area contributed by atoms with E-state index >= 15 is 0 Å².